The molecule has 2 rings (SSSR count). The van der Waals surface area contributed by atoms with Crippen LogP contribution in [0.4, 0.5) is 0 Å². The third-order valence-corrected chi connectivity index (χ3v) is 3.15. The lowest BCUT2D eigenvalue weighted by Gasteiger charge is -2.18. The van der Waals surface area contributed by atoms with Gasteiger partial charge < -0.3 is 19.6 Å². The molecule has 4 heteroatoms. The molecule has 1 aromatic carbocycles. The number of furan rings is 1. The van der Waals surface area contributed by atoms with Crippen molar-refractivity contribution in [2.24, 2.45) is 0 Å². The van der Waals surface area contributed by atoms with Crippen molar-refractivity contribution in [2.75, 3.05) is 20.3 Å². The fourth-order valence-electron chi connectivity index (χ4n) is 2.15. The number of ether oxygens (including phenoxy) is 1. The average Bonchev–Trinajstić information content (AvgIpc) is 2.99. The van der Waals surface area contributed by atoms with E-state index in [1.807, 2.05) is 30.3 Å². The number of rotatable bonds is 8. The van der Waals surface area contributed by atoms with E-state index in [4.69, 9.17) is 9.15 Å². The van der Waals surface area contributed by atoms with Crippen LogP contribution in [0.3, 0.4) is 0 Å². The highest BCUT2D eigenvalue weighted by Gasteiger charge is 2.16. The van der Waals surface area contributed by atoms with E-state index in [0.717, 1.165) is 11.3 Å². The first-order valence-corrected chi connectivity index (χ1v) is 6.80. The van der Waals surface area contributed by atoms with Gasteiger partial charge in [0.25, 0.3) is 0 Å². The average molecular weight is 275 g/mol. The maximum Gasteiger partial charge on any atom is 0.125 e. The second-order valence-corrected chi connectivity index (χ2v) is 4.71. The predicted molar refractivity (Wildman–Crippen MR) is 77.5 cm³/mol. The first kappa shape index (κ1) is 14.8. The van der Waals surface area contributed by atoms with E-state index in [1.54, 1.807) is 13.4 Å². The number of nitrogens with one attached hydrogen (secondary N) is 1. The van der Waals surface area contributed by atoms with Crippen molar-refractivity contribution in [3.63, 3.8) is 0 Å². The minimum absolute atomic E-state index is 0.000875. The van der Waals surface area contributed by atoms with Crippen molar-refractivity contribution < 1.29 is 14.3 Å². The van der Waals surface area contributed by atoms with Crippen LogP contribution < -0.4 is 5.32 Å². The fourth-order valence-corrected chi connectivity index (χ4v) is 2.15. The van der Waals surface area contributed by atoms with Crippen molar-refractivity contribution in [1.82, 2.24) is 5.32 Å². The van der Waals surface area contributed by atoms with Gasteiger partial charge in [0, 0.05) is 7.11 Å². The lowest BCUT2D eigenvalue weighted by molar-refractivity contribution is 0.0590. The van der Waals surface area contributed by atoms with Crippen LogP contribution >= 0.6 is 0 Å². The van der Waals surface area contributed by atoms with E-state index in [-0.39, 0.29) is 6.04 Å². The van der Waals surface area contributed by atoms with Crippen LogP contribution in [0.1, 0.15) is 23.8 Å². The SMILES string of the molecule is COCC(O)CCNC(c1ccccc1)c1ccco1. The molecule has 0 aliphatic heterocycles. The molecule has 0 amide bonds. The minimum atomic E-state index is -0.444. The number of aliphatic hydroxyl groups excluding tert-OH is 1. The zero-order chi connectivity index (χ0) is 14.2. The monoisotopic (exact) mass is 275 g/mol. The largest absolute Gasteiger partial charge is 0.467 e. The van der Waals surface area contributed by atoms with Gasteiger partial charge in [-0.25, -0.2) is 0 Å². The molecule has 2 unspecified atom stereocenters. The van der Waals surface area contributed by atoms with Gasteiger partial charge in [0.05, 0.1) is 25.0 Å². The van der Waals surface area contributed by atoms with Gasteiger partial charge in [0.1, 0.15) is 5.76 Å². The van der Waals surface area contributed by atoms with Crippen LogP contribution in [0.15, 0.2) is 53.1 Å². The Labute approximate surface area is 119 Å². The van der Waals surface area contributed by atoms with E-state index in [2.05, 4.69) is 17.4 Å². The Morgan fingerprint density at radius 3 is 2.65 bits per heavy atom. The second-order valence-electron chi connectivity index (χ2n) is 4.71. The summed E-state index contributed by atoms with van der Waals surface area (Å²) in [6.07, 6.45) is 1.87. The van der Waals surface area contributed by atoms with Crippen LogP contribution in [-0.4, -0.2) is 31.5 Å². The van der Waals surface area contributed by atoms with E-state index < -0.39 is 6.10 Å². The summed E-state index contributed by atoms with van der Waals surface area (Å²) < 4.78 is 10.4. The Morgan fingerprint density at radius 2 is 2.00 bits per heavy atom. The van der Waals surface area contributed by atoms with E-state index in [1.165, 1.54) is 0 Å². The summed E-state index contributed by atoms with van der Waals surface area (Å²) in [5, 5.41) is 13.1. The second kappa shape index (κ2) is 7.85. The van der Waals surface area contributed by atoms with Gasteiger partial charge in [0.15, 0.2) is 0 Å². The smallest absolute Gasteiger partial charge is 0.125 e. The first-order chi connectivity index (χ1) is 9.81. The van der Waals surface area contributed by atoms with Gasteiger partial charge in [-0.2, -0.15) is 0 Å². The zero-order valence-electron chi connectivity index (χ0n) is 11.7. The number of hydrogen-bond donors (Lipinski definition) is 2. The van der Waals surface area contributed by atoms with E-state index in [9.17, 15) is 5.11 Å². The Hall–Kier alpha value is -1.62. The van der Waals surface area contributed by atoms with Crippen LogP contribution in [0.5, 0.6) is 0 Å². The van der Waals surface area contributed by atoms with Crippen LogP contribution in [0.25, 0.3) is 0 Å². The molecule has 0 saturated carbocycles. The molecule has 0 aliphatic rings. The van der Waals surface area contributed by atoms with Gasteiger partial charge in [-0.15, -0.1) is 0 Å². The van der Waals surface area contributed by atoms with Crippen molar-refractivity contribution in [2.45, 2.75) is 18.6 Å². The molecular weight excluding hydrogens is 254 g/mol. The summed E-state index contributed by atoms with van der Waals surface area (Å²) in [7, 11) is 1.59. The molecule has 0 aliphatic carbocycles. The van der Waals surface area contributed by atoms with Crippen molar-refractivity contribution in [3.05, 3.63) is 60.1 Å². The summed E-state index contributed by atoms with van der Waals surface area (Å²) in [5.74, 6) is 0.873. The third kappa shape index (κ3) is 4.20. The highest BCUT2D eigenvalue weighted by molar-refractivity contribution is 5.26. The Kier molecular flexibility index (Phi) is 5.80. The standard InChI is InChI=1S/C16H21NO3/c1-19-12-14(18)9-10-17-16(15-8-5-11-20-15)13-6-3-2-4-7-13/h2-8,11,14,16-18H,9-10,12H2,1H3. The van der Waals surface area contributed by atoms with Gasteiger partial charge >= 0.3 is 0 Å². The molecule has 20 heavy (non-hydrogen) atoms. The van der Waals surface area contributed by atoms with Gasteiger partial charge in [-0.05, 0) is 30.7 Å². The molecule has 4 nitrogen and oxygen atoms in total. The molecule has 0 bridgehead atoms. The molecule has 2 aromatic rings. The highest BCUT2D eigenvalue weighted by Crippen LogP contribution is 2.22. The topological polar surface area (TPSA) is 54.6 Å². The number of benzene rings is 1. The maximum absolute atomic E-state index is 9.67. The highest BCUT2D eigenvalue weighted by atomic mass is 16.5. The summed E-state index contributed by atoms with van der Waals surface area (Å²) in [6, 6.07) is 14.0. The quantitative estimate of drug-likeness (QED) is 0.776. The summed E-state index contributed by atoms with van der Waals surface area (Å²) in [6.45, 7) is 1.04. The van der Waals surface area contributed by atoms with Gasteiger partial charge in [-0.3, -0.25) is 0 Å². The Morgan fingerprint density at radius 1 is 1.20 bits per heavy atom. The normalized spacial score (nSPS) is 14.1. The number of methoxy groups -OCH3 is 1. The van der Waals surface area contributed by atoms with Gasteiger partial charge in [-0.1, -0.05) is 30.3 Å². The molecule has 0 radical (unpaired) electrons. The summed E-state index contributed by atoms with van der Waals surface area (Å²) in [4.78, 5) is 0. The lowest BCUT2D eigenvalue weighted by Crippen LogP contribution is -2.27. The Bertz CT molecular complexity index is 470. The van der Waals surface area contributed by atoms with Crippen molar-refractivity contribution >= 4 is 0 Å². The minimum Gasteiger partial charge on any atom is -0.467 e. The Balaban J connectivity index is 1.98. The molecule has 0 spiro atoms. The van der Waals surface area contributed by atoms with Crippen LogP contribution in [0, 0.1) is 0 Å². The van der Waals surface area contributed by atoms with Crippen molar-refractivity contribution in [3.8, 4) is 0 Å². The molecule has 0 saturated heterocycles. The van der Waals surface area contributed by atoms with E-state index in [0.29, 0.717) is 19.6 Å². The molecular formula is C16H21NO3. The summed E-state index contributed by atoms with van der Waals surface area (Å²) >= 11 is 0. The number of hydrogen-bond acceptors (Lipinski definition) is 4. The molecule has 2 atom stereocenters. The third-order valence-electron chi connectivity index (χ3n) is 3.15. The van der Waals surface area contributed by atoms with Crippen LogP contribution in [0.2, 0.25) is 0 Å². The fraction of sp³-hybridized carbons (Fsp3) is 0.375. The molecule has 1 aromatic heterocycles. The summed E-state index contributed by atoms with van der Waals surface area (Å²) in [5.41, 5.74) is 1.14. The maximum atomic E-state index is 9.67. The lowest BCUT2D eigenvalue weighted by atomic mass is 10.0. The zero-order valence-corrected chi connectivity index (χ0v) is 11.7. The first-order valence-electron chi connectivity index (χ1n) is 6.80. The molecule has 0 fully saturated rings. The number of aliphatic hydroxyl groups is 1. The van der Waals surface area contributed by atoms with Gasteiger partial charge in [0.2, 0.25) is 0 Å². The van der Waals surface area contributed by atoms with Crippen LogP contribution in [-0.2, 0) is 4.74 Å². The predicted octanol–water partition coefficient (Wildman–Crippen LogP) is 2.36. The van der Waals surface area contributed by atoms with Crippen molar-refractivity contribution in [1.29, 1.82) is 0 Å². The molecule has 108 valence electrons. The molecule has 2 N–H and O–H groups in total. The van der Waals surface area contributed by atoms with E-state index >= 15 is 0 Å². The molecule has 1 heterocycles.